The fraction of sp³-hybridized carbons (Fsp3) is 0.389. The largest absolute Gasteiger partial charge is 0.467 e. The minimum absolute atomic E-state index is 0.462. The molecule has 29 heavy (non-hydrogen) atoms. The molecule has 3 rings (SSSR count). The van der Waals surface area contributed by atoms with Crippen molar-refractivity contribution in [2.24, 2.45) is 0 Å². The predicted molar refractivity (Wildman–Crippen MR) is 115 cm³/mol. The van der Waals surface area contributed by atoms with Crippen LogP contribution in [-0.2, 0) is 9.53 Å². The molecule has 154 valence electrons. The summed E-state index contributed by atoms with van der Waals surface area (Å²) in [6.07, 6.45) is 2.43. The number of nitrogens with one attached hydrogen (secondary N) is 2. The van der Waals surface area contributed by atoms with E-state index in [0.29, 0.717) is 22.9 Å². The van der Waals surface area contributed by atoms with E-state index in [-0.39, 0.29) is 0 Å². The minimum atomic E-state index is -0.696. The molecule has 0 bridgehead atoms. The van der Waals surface area contributed by atoms with E-state index in [0.717, 1.165) is 21.9 Å². The van der Waals surface area contributed by atoms with Crippen LogP contribution in [0.2, 0.25) is 0 Å². The van der Waals surface area contributed by atoms with Gasteiger partial charge in [-0.15, -0.1) is 10.2 Å². The molecule has 2 amide bonds. The molecule has 0 fully saturated rings. The second-order valence-electron chi connectivity index (χ2n) is 6.33. The lowest BCUT2D eigenvalue weighted by Gasteiger charge is -2.17. The normalized spacial score (nSPS) is 12.0. The Morgan fingerprint density at radius 1 is 1.31 bits per heavy atom. The number of thioether (sulfide) groups is 1. The first kappa shape index (κ1) is 21.1. The second kappa shape index (κ2) is 9.23. The SMILES string of the molecule is COC(=O)C(CCSC)NC(=O)Nc1cc(-c2nn3c(C)nnc3s2)ccc1C. The van der Waals surface area contributed by atoms with Crippen LogP contribution >= 0.6 is 23.1 Å². The number of anilines is 1. The zero-order valence-corrected chi connectivity index (χ0v) is 18.2. The summed E-state index contributed by atoms with van der Waals surface area (Å²) in [6, 6.07) is 4.54. The number of urea groups is 1. The monoisotopic (exact) mass is 434 g/mol. The summed E-state index contributed by atoms with van der Waals surface area (Å²) in [5.74, 6) is 0.982. The van der Waals surface area contributed by atoms with Gasteiger partial charge in [-0.3, -0.25) is 0 Å². The molecule has 2 N–H and O–H groups in total. The summed E-state index contributed by atoms with van der Waals surface area (Å²) in [4.78, 5) is 25.1. The number of esters is 1. The molecule has 0 saturated heterocycles. The molecule has 0 aliphatic carbocycles. The molecular formula is C18H22N6O3S2. The summed E-state index contributed by atoms with van der Waals surface area (Å²) < 4.78 is 6.47. The molecule has 9 nitrogen and oxygen atoms in total. The van der Waals surface area contributed by atoms with E-state index in [1.54, 1.807) is 16.3 Å². The van der Waals surface area contributed by atoms with Gasteiger partial charge in [0.1, 0.15) is 11.0 Å². The fourth-order valence-corrected chi connectivity index (χ4v) is 4.02. The van der Waals surface area contributed by atoms with Crippen molar-refractivity contribution in [3.63, 3.8) is 0 Å². The van der Waals surface area contributed by atoms with Crippen molar-refractivity contribution in [3.8, 4) is 10.6 Å². The van der Waals surface area contributed by atoms with Crippen LogP contribution in [0.1, 0.15) is 17.8 Å². The summed E-state index contributed by atoms with van der Waals surface area (Å²) in [5.41, 5.74) is 2.38. The number of aryl methyl sites for hydroxylation is 2. The molecule has 3 aromatic rings. The number of ether oxygens (including phenoxy) is 1. The van der Waals surface area contributed by atoms with Crippen LogP contribution in [0.15, 0.2) is 18.2 Å². The number of carbonyl (C=O) groups excluding carboxylic acids is 2. The van der Waals surface area contributed by atoms with Crippen molar-refractivity contribution in [2.75, 3.05) is 24.4 Å². The first-order valence-corrected chi connectivity index (χ1v) is 11.1. The first-order valence-electron chi connectivity index (χ1n) is 8.87. The van der Waals surface area contributed by atoms with Crippen LogP contribution < -0.4 is 10.6 Å². The van der Waals surface area contributed by atoms with Crippen LogP contribution in [-0.4, -0.2) is 57.0 Å². The van der Waals surface area contributed by atoms with Crippen molar-refractivity contribution >= 4 is 45.7 Å². The quantitative estimate of drug-likeness (QED) is 0.550. The summed E-state index contributed by atoms with van der Waals surface area (Å²) in [7, 11) is 1.31. The number of amides is 2. The van der Waals surface area contributed by atoms with Gasteiger partial charge in [-0.2, -0.15) is 21.4 Å². The Balaban J connectivity index is 1.77. The maximum atomic E-state index is 12.5. The van der Waals surface area contributed by atoms with E-state index in [9.17, 15) is 9.59 Å². The van der Waals surface area contributed by atoms with Gasteiger partial charge < -0.3 is 15.4 Å². The smallest absolute Gasteiger partial charge is 0.328 e. The highest BCUT2D eigenvalue weighted by molar-refractivity contribution is 7.98. The number of methoxy groups -OCH3 is 1. The Morgan fingerprint density at radius 3 is 2.79 bits per heavy atom. The van der Waals surface area contributed by atoms with E-state index >= 15 is 0 Å². The molecule has 0 radical (unpaired) electrons. The Labute approximate surface area is 176 Å². The Kier molecular flexibility index (Phi) is 6.70. The second-order valence-corrected chi connectivity index (χ2v) is 8.28. The molecule has 11 heteroatoms. The lowest BCUT2D eigenvalue weighted by Crippen LogP contribution is -2.44. The lowest BCUT2D eigenvalue weighted by molar-refractivity contribution is -0.142. The van der Waals surface area contributed by atoms with E-state index in [2.05, 4.69) is 25.9 Å². The Hall–Kier alpha value is -2.66. The maximum Gasteiger partial charge on any atom is 0.328 e. The Morgan fingerprint density at radius 2 is 2.10 bits per heavy atom. The molecule has 1 aromatic carbocycles. The number of benzene rings is 1. The standard InChI is InChI=1S/C18H22N6O3S2/c1-10-5-6-12(15-23-24-11(2)21-22-18(24)29-15)9-14(10)20-17(26)19-13(7-8-28-4)16(25)27-3/h5-6,9,13H,7-8H2,1-4H3,(H2,19,20,26). The van der Waals surface area contributed by atoms with E-state index in [1.165, 1.54) is 18.4 Å². The van der Waals surface area contributed by atoms with Crippen LogP contribution in [0.25, 0.3) is 15.5 Å². The van der Waals surface area contributed by atoms with Crippen molar-refractivity contribution in [1.82, 2.24) is 25.1 Å². The highest BCUT2D eigenvalue weighted by atomic mass is 32.2. The van der Waals surface area contributed by atoms with Gasteiger partial charge in [-0.05, 0) is 43.9 Å². The molecule has 0 saturated carbocycles. The van der Waals surface area contributed by atoms with Crippen molar-refractivity contribution < 1.29 is 14.3 Å². The van der Waals surface area contributed by atoms with Gasteiger partial charge in [-0.1, -0.05) is 23.5 Å². The van der Waals surface area contributed by atoms with Gasteiger partial charge in [0, 0.05) is 11.3 Å². The third-order valence-corrected chi connectivity index (χ3v) is 5.87. The Bertz CT molecular complexity index is 1030. The number of hydrogen-bond acceptors (Lipinski definition) is 8. The molecule has 1 unspecified atom stereocenters. The van der Waals surface area contributed by atoms with Crippen molar-refractivity contribution in [3.05, 3.63) is 29.6 Å². The molecule has 2 heterocycles. The van der Waals surface area contributed by atoms with Crippen molar-refractivity contribution in [2.45, 2.75) is 26.3 Å². The predicted octanol–water partition coefficient (Wildman–Crippen LogP) is 2.89. The molecule has 0 spiro atoms. The molecule has 0 aliphatic heterocycles. The van der Waals surface area contributed by atoms with Crippen LogP contribution in [0.3, 0.4) is 0 Å². The number of hydrogen-bond donors (Lipinski definition) is 2. The van der Waals surface area contributed by atoms with Gasteiger partial charge in [0.15, 0.2) is 5.82 Å². The minimum Gasteiger partial charge on any atom is -0.467 e. The average molecular weight is 435 g/mol. The molecule has 1 atom stereocenters. The topological polar surface area (TPSA) is 111 Å². The number of nitrogens with zero attached hydrogens (tertiary/aromatic N) is 4. The van der Waals surface area contributed by atoms with E-state index in [1.807, 2.05) is 38.3 Å². The van der Waals surface area contributed by atoms with Crippen LogP contribution in [0.4, 0.5) is 10.5 Å². The third kappa shape index (κ3) is 4.85. The summed E-state index contributed by atoms with van der Waals surface area (Å²) in [5, 5.41) is 18.9. The summed E-state index contributed by atoms with van der Waals surface area (Å²) >= 11 is 3.02. The number of aromatic nitrogens is 4. The molecule has 0 aliphatic rings. The molecule has 2 aromatic heterocycles. The van der Waals surface area contributed by atoms with Crippen LogP contribution in [0.5, 0.6) is 0 Å². The van der Waals surface area contributed by atoms with Gasteiger partial charge in [0.25, 0.3) is 0 Å². The third-order valence-electron chi connectivity index (χ3n) is 4.28. The van der Waals surface area contributed by atoms with Gasteiger partial charge in [0.2, 0.25) is 4.96 Å². The van der Waals surface area contributed by atoms with Gasteiger partial charge >= 0.3 is 12.0 Å². The number of fused-ring (bicyclic) bond motifs is 1. The maximum absolute atomic E-state index is 12.5. The summed E-state index contributed by atoms with van der Waals surface area (Å²) in [6.45, 7) is 3.73. The van der Waals surface area contributed by atoms with E-state index < -0.39 is 18.0 Å². The first-order chi connectivity index (χ1) is 13.9. The van der Waals surface area contributed by atoms with Crippen LogP contribution in [0, 0.1) is 13.8 Å². The zero-order chi connectivity index (χ0) is 21.0. The fourth-order valence-electron chi connectivity index (χ4n) is 2.66. The van der Waals surface area contributed by atoms with E-state index in [4.69, 9.17) is 4.74 Å². The molecular weight excluding hydrogens is 412 g/mol. The van der Waals surface area contributed by atoms with Gasteiger partial charge in [-0.25, -0.2) is 9.59 Å². The zero-order valence-electron chi connectivity index (χ0n) is 16.6. The lowest BCUT2D eigenvalue weighted by atomic mass is 10.1. The number of rotatable bonds is 7. The highest BCUT2D eigenvalue weighted by Crippen LogP contribution is 2.29. The average Bonchev–Trinajstić information content (AvgIpc) is 3.28. The highest BCUT2D eigenvalue weighted by Gasteiger charge is 2.21. The van der Waals surface area contributed by atoms with Crippen molar-refractivity contribution in [1.29, 1.82) is 0 Å². The van der Waals surface area contributed by atoms with Gasteiger partial charge in [0.05, 0.1) is 7.11 Å². The number of carbonyl (C=O) groups is 2.